The zero-order valence-corrected chi connectivity index (χ0v) is 17.0. The van der Waals surface area contributed by atoms with E-state index < -0.39 is 31.7 Å². The molecule has 10 heteroatoms. The number of rotatable bonds is 5. The average Bonchev–Trinajstić information content (AvgIpc) is 2.53. The Balaban J connectivity index is 2.23. The molecule has 1 aromatic rings. The minimum Gasteiger partial charge on any atom is -0.373 e. The predicted molar refractivity (Wildman–Crippen MR) is 97.8 cm³/mol. The van der Waals surface area contributed by atoms with Crippen LogP contribution in [0.1, 0.15) is 27.7 Å². The summed E-state index contributed by atoms with van der Waals surface area (Å²) in [5.74, 6) is 0. The lowest BCUT2D eigenvalue weighted by molar-refractivity contribution is -0.0945. The lowest BCUT2D eigenvalue weighted by Gasteiger charge is -2.45. The second-order valence-electron chi connectivity index (χ2n) is 7.55. The Bertz CT molecular complexity index is 877. The van der Waals surface area contributed by atoms with E-state index in [0.29, 0.717) is 13.1 Å². The van der Waals surface area contributed by atoms with Crippen LogP contribution < -0.4 is 16.0 Å². The zero-order valence-electron chi connectivity index (χ0n) is 16.1. The third-order valence-electron chi connectivity index (χ3n) is 4.67. The maximum atomic E-state index is 12.6. The molecule has 26 heavy (non-hydrogen) atoms. The number of nitrogens with zero attached hydrogens (tertiary/aromatic N) is 3. The van der Waals surface area contributed by atoms with Gasteiger partial charge in [-0.05, 0) is 27.7 Å². The molecule has 2 heterocycles. The summed E-state index contributed by atoms with van der Waals surface area (Å²) in [7, 11) is -1.39. The molecule has 1 N–H and O–H groups in total. The van der Waals surface area contributed by atoms with Gasteiger partial charge in [0.05, 0.1) is 12.2 Å². The number of aryl methyl sites for hydroxylation is 1. The first-order chi connectivity index (χ1) is 11.8. The largest absolute Gasteiger partial charge is 0.373 e. The molecule has 0 unspecified atom stereocenters. The molecule has 9 nitrogen and oxygen atoms in total. The van der Waals surface area contributed by atoms with Crippen LogP contribution in [0.15, 0.2) is 20.7 Å². The molecule has 0 amide bonds. The molecule has 0 spiro atoms. The van der Waals surface area contributed by atoms with Crippen LogP contribution in [0.5, 0.6) is 0 Å². The highest BCUT2D eigenvalue weighted by atomic mass is 32.2. The Morgan fingerprint density at radius 1 is 1.19 bits per heavy atom. The standard InChI is InChI=1S/C16H28N4O5S/c1-11-7-20(8-12(2)25-11)16(3,4)10-17-26(23,24)13-9-18(5)15(22)19(6)14(13)21/h9,11-12,17H,7-8,10H2,1-6H3/t11-,12-/m1/s1. The van der Waals surface area contributed by atoms with Crippen molar-refractivity contribution in [3.05, 3.63) is 27.0 Å². The SMILES string of the molecule is C[C@@H]1CN(C(C)(C)CNS(=O)(=O)c2cn(C)c(=O)n(C)c2=O)C[C@@H](C)O1. The van der Waals surface area contributed by atoms with Gasteiger partial charge in [0, 0.05) is 45.5 Å². The Labute approximate surface area is 153 Å². The molecular formula is C16H28N4O5S. The summed E-state index contributed by atoms with van der Waals surface area (Å²) in [4.78, 5) is 25.7. The molecule has 1 aliphatic rings. The van der Waals surface area contributed by atoms with E-state index >= 15 is 0 Å². The van der Waals surface area contributed by atoms with Crippen LogP contribution >= 0.6 is 0 Å². The van der Waals surface area contributed by atoms with Crippen molar-refractivity contribution in [1.82, 2.24) is 18.8 Å². The van der Waals surface area contributed by atoms with Crippen LogP contribution in [0.25, 0.3) is 0 Å². The first kappa shape index (κ1) is 20.8. The molecular weight excluding hydrogens is 360 g/mol. The number of hydrogen-bond acceptors (Lipinski definition) is 6. The summed E-state index contributed by atoms with van der Waals surface area (Å²) < 4.78 is 35.4. The van der Waals surface area contributed by atoms with Crippen LogP contribution in [0.4, 0.5) is 0 Å². The lowest BCUT2D eigenvalue weighted by Crippen LogP contribution is -2.58. The van der Waals surface area contributed by atoms with Gasteiger partial charge in [-0.2, -0.15) is 0 Å². The topological polar surface area (TPSA) is 103 Å². The first-order valence-electron chi connectivity index (χ1n) is 8.52. The summed E-state index contributed by atoms with van der Waals surface area (Å²) in [6.45, 7) is 9.37. The first-order valence-corrected chi connectivity index (χ1v) is 10.0. The quantitative estimate of drug-likeness (QED) is 0.712. The van der Waals surface area contributed by atoms with Gasteiger partial charge in [0.15, 0.2) is 4.90 Å². The van der Waals surface area contributed by atoms with Crippen LogP contribution in [0, 0.1) is 0 Å². The summed E-state index contributed by atoms with van der Waals surface area (Å²) in [6.07, 6.45) is 1.18. The van der Waals surface area contributed by atoms with E-state index in [1.165, 1.54) is 14.1 Å². The lowest BCUT2D eigenvalue weighted by atomic mass is 10.0. The second kappa shape index (κ2) is 7.26. The van der Waals surface area contributed by atoms with Gasteiger partial charge in [-0.3, -0.25) is 14.3 Å². The molecule has 0 radical (unpaired) electrons. The fourth-order valence-electron chi connectivity index (χ4n) is 3.09. The Hall–Kier alpha value is -1.49. The van der Waals surface area contributed by atoms with Crippen molar-refractivity contribution in [2.75, 3.05) is 19.6 Å². The smallest absolute Gasteiger partial charge is 0.330 e. The van der Waals surface area contributed by atoms with Crippen molar-refractivity contribution < 1.29 is 13.2 Å². The molecule has 1 aliphatic heterocycles. The van der Waals surface area contributed by atoms with Crippen LogP contribution in [-0.2, 0) is 28.9 Å². The molecule has 148 valence electrons. The van der Waals surface area contributed by atoms with Crippen LogP contribution in [0.3, 0.4) is 0 Å². The zero-order chi connectivity index (χ0) is 19.9. The molecule has 2 atom stereocenters. The van der Waals surface area contributed by atoms with E-state index in [1.54, 1.807) is 0 Å². The summed E-state index contributed by atoms with van der Waals surface area (Å²) in [5, 5.41) is 0. The van der Waals surface area contributed by atoms with Crippen molar-refractivity contribution in [2.24, 2.45) is 14.1 Å². The highest BCUT2D eigenvalue weighted by molar-refractivity contribution is 7.89. The van der Waals surface area contributed by atoms with E-state index in [0.717, 1.165) is 15.3 Å². The minimum atomic E-state index is -4.05. The van der Waals surface area contributed by atoms with Gasteiger partial charge in [0.25, 0.3) is 5.56 Å². The Kier molecular flexibility index (Phi) is 5.81. The van der Waals surface area contributed by atoms with E-state index in [-0.39, 0.29) is 18.8 Å². The third kappa shape index (κ3) is 4.25. The van der Waals surface area contributed by atoms with Crippen LogP contribution in [0.2, 0.25) is 0 Å². The number of nitrogens with one attached hydrogen (secondary N) is 1. The predicted octanol–water partition coefficient (Wildman–Crippen LogP) is -0.750. The second-order valence-corrected chi connectivity index (χ2v) is 9.29. The molecule has 0 bridgehead atoms. The fraction of sp³-hybridized carbons (Fsp3) is 0.750. The maximum Gasteiger partial charge on any atom is 0.330 e. The van der Waals surface area contributed by atoms with E-state index in [2.05, 4.69) is 9.62 Å². The number of aromatic nitrogens is 2. The van der Waals surface area contributed by atoms with Crippen molar-refractivity contribution in [2.45, 2.75) is 50.3 Å². The normalized spacial score (nSPS) is 22.5. The Morgan fingerprint density at radius 3 is 2.27 bits per heavy atom. The number of morpholine rings is 1. The fourth-order valence-corrected chi connectivity index (χ4v) is 4.46. The molecule has 0 saturated carbocycles. The molecule has 1 fully saturated rings. The Morgan fingerprint density at radius 2 is 1.73 bits per heavy atom. The molecule has 0 aromatic carbocycles. The number of sulfonamides is 1. The molecule has 2 rings (SSSR count). The van der Waals surface area contributed by atoms with Crippen LogP contribution in [-0.4, -0.2) is 59.8 Å². The minimum absolute atomic E-state index is 0.0607. The van der Waals surface area contributed by atoms with Crippen molar-refractivity contribution >= 4 is 10.0 Å². The van der Waals surface area contributed by atoms with Gasteiger partial charge in [-0.1, -0.05) is 0 Å². The highest BCUT2D eigenvalue weighted by Crippen LogP contribution is 2.21. The monoisotopic (exact) mass is 388 g/mol. The highest BCUT2D eigenvalue weighted by Gasteiger charge is 2.34. The summed E-state index contributed by atoms with van der Waals surface area (Å²) >= 11 is 0. The van der Waals surface area contributed by atoms with E-state index in [9.17, 15) is 18.0 Å². The third-order valence-corrected chi connectivity index (χ3v) is 6.06. The van der Waals surface area contributed by atoms with Gasteiger partial charge in [-0.15, -0.1) is 0 Å². The average molecular weight is 388 g/mol. The van der Waals surface area contributed by atoms with Gasteiger partial charge in [-0.25, -0.2) is 17.9 Å². The molecule has 1 saturated heterocycles. The molecule has 0 aliphatic carbocycles. The maximum absolute atomic E-state index is 12.6. The van der Waals surface area contributed by atoms with E-state index in [4.69, 9.17) is 4.74 Å². The van der Waals surface area contributed by atoms with Crippen molar-refractivity contribution in [3.63, 3.8) is 0 Å². The van der Waals surface area contributed by atoms with Crippen molar-refractivity contribution in [3.8, 4) is 0 Å². The molecule has 1 aromatic heterocycles. The van der Waals surface area contributed by atoms with Gasteiger partial charge < -0.3 is 9.30 Å². The van der Waals surface area contributed by atoms with Gasteiger partial charge in [0.2, 0.25) is 10.0 Å². The van der Waals surface area contributed by atoms with Gasteiger partial charge >= 0.3 is 5.69 Å². The van der Waals surface area contributed by atoms with E-state index in [1.807, 2.05) is 27.7 Å². The number of hydrogen-bond donors (Lipinski definition) is 1. The summed E-state index contributed by atoms with van der Waals surface area (Å²) in [6, 6.07) is 0. The summed E-state index contributed by atoms with van der Waals surface area (Å²) in [5.41, 5.74) is -1.89. The van der Waals surface area contributed by atoms with Gasteiger partial charge in [0.1, 0.15) is 0 Å². The van der Waals surface area contributed by atoms with Crippen molar-refractivity contribution in [1.29, 1.82) is 0 Å². The number of ether oxygens (including phenoxy) is 1.